The summed E-state index contributed by atoms with van der Waals surface area (Å²) in [6.07, 6.45) is 7.72. The van der Waals surface area contributed by atoms with Gasteiger partial charge in [0.05, 0.1) is 5.60 Å². The maximum atomic E-state index is 12.6. The largest absolute Gasteiger partial charge is 0.445 e. The summed E-state index contributed by atoms with van der Waals surface area (Å²) in [5.74, 6) is 0. The van der Waals surface area contributed by atoms with Crippen molar-refractivity contribution in [2.24, 2.45) is 0 Å². The zero-order valence-electron chi connectivity index (χ0n) is 15.4. The summed E-state index contributed by atoms with van der Waals surface area (Å²) >= 11 is 0. The van der Waals surface area contributed by atoms with Crippen LogP contribution < -0.4 is 5.32 Å². The van der Waals surface area contributed by atoms with Crippen LogP contribution in [0.5, 0.6) is 0 Å². The second-order valence-electron chi connectivity index (χ2n) is 8.30. The van der Waals surface area contributed by atoms with Gasteiger partial charge in [0.15, 0.2) is 0 Å². The highest BCUT2D eigenvalue weighted by atomic mass is 16.6. The number of carbonyl (C=O) groups excluding carboxylic acids is 1. The normalized spacial score (nSPS) is 30.9. The van der Waals surface area contributed by atoms with Crippen LogP contribution >= 0.6 is 0 Å². The van der Waals surface area contributed by atoms with E-state index in [-0.39, 0.29) is 18.2 Å². The number of nitrogens with zero attached hydrogens (tertiary/aromatic N) is 1. The summed E-state index contributed by atoms with van der Waals surface area (Å²) in [6, 6.07) is 10.7. The van der Waals surface area contributed by atoms with Crippen molar-refractivity contribution in [2.45, 2.75) is 81.7 Å². The number of amides is 1. The van der Waals surface area contributed by atoms with E-state index in [1.807, 2.05) is 35.2 Å². The Morgan fingerprint density at radius 1 is 1.15 bits per heavy atom. The van der Waals surface area contributed by atoms with E-state index in [1.54, 1.807) is 0 Å². The number of hydrogen-bond donors (Lipinski definition) is 2. The van der Waals surface area contributed by atoms with Crippen molar-refractivity contribution in [3.8, 4) is 0 Å². The van der Waals surface area contributed by atoms with Gasteiger partial charge in [-0.3, -0.25) is 0 Å². The molecule has 5 heteroatoms. The van der Waals surface area contributed by atoms with Crippen LogP contribution in [0.3, 0.4) is 0 Å². The molecule has 2 heterocycles. The molecule has 0 aromatic heterocycles. The van der Waals surface area contributed by atoms with Gasteiger partial charge in [-0.25, -0.2) is 4.79 Å². The Hall–Kier alpha value is -1.59. The van der Waals surface area contributed by atoms with E-state index in [0.717, 1.165) is 31.4 Å². The lowest BCUT2D eigenvalue weighted by Crippen LogP contribution is -2.54. The van der Waals surface area contributed by atoms with Crippen molar-refractivity contribution < 1.29 is 14.6 Å². The van der Waals surface area contributed by atoms with Crippen molar-refractivity contribution in [3.05, 3.63) is 35.9 Å². The van der Waals surface area contributed by atoms with Crippen molar-refractivity contribution in [2.75, 3.05) is 6.54 Å². The number of aliphatic hydroxyl groups is 1. The predicted molar refractivity (Wildman–Crippen MR) is 99.7 cm³/mol. The molecule has 1 unspecified atom stereocenters. The SMILES string of the molecule is O=C(OCc1ccccc1)N1[C@@H]2CC[C@H]1CC(O)(CCNC1CCC1)C2. The number of ether oxygens (including phenoxy) is 1. The van der Waals surface area contributed by atoms with Gasteiger partial charge in [-0.15, -0.1) is 0 Å². The standard InChI is InChI=1S/C21H30N2O3/c24-20(26-15-16-5-2-1-3-6-16)23-18-9-10-19(23)14-21(25,13-18)11-12-22-17-7-4-8-17/h1-3,5-6,17-19,22,25H,4,7-15H2/t18-,19+,21?. The number of piperidine rings is 1. The van der Waals surface area contributed by atoms with E-state index in [2.05, 4.69) is 5.32 Å². The first-order valence-electron chi connectivity index (χ1n) is 10.1. The average Bonchev–Trinajstić information content (AvgIpc) is 2.89. The molecule has 26 heavy (non-hydrogen) atoms. The molecule has 1 aromatic rings. The monoisotopic (exact) mass is 358 g/mol. The van der Waals surface area contributed by atoms with Crippen LogP contribution in [0.2, 0.25) is 0 Å². The number of hydrogen-bond acceptors (Lipinski definition) is 4. The highest BCUT2D eigenvalue weighted by Gasteiger charge is 2.49. The Morgan fingerprint density at radius 2 is 1.85 bits per heavy atom. The quantitative estimate of drug-likeness (QED) is 0.820. The second-order valence-corrected chi connectivity index (χ2v) is 8.30. The summed E-state index contributed by atoms with van der Waals surface area (Å²) in [5.41, 5.74) is 0.363. The molecule has 2 bridgehead atoms. The van der Waals surface area contributed by atoms with Gasteiger partial charge in [0.2, 0.25) is 0 Å². The third-order valence-electron chi connectivity index (χ3n) is 6.40. The number of benzene rings is 1. The van der Waals surface area contributed by atoms with E-state index in [1.165, 1.54) is 19.3 Å². The van der Waals surface area contributed by atoms with Gasteiger partial charge < -0.3 is 20.1 Å². The molecule has 3 atom stereocenters. The summed E-state index contributed by atoms with van der Waals surface area (Å²) < 4.78 is 5.54. The molecule has 1 saturated carbocycles. The van der Waals surface area contributed by atoms with Gasteiger partial charge in [-0.05, 0) is 57.1 Å². The van der Waals surface area contributed by atoms with Gasteiger partial charge in [-0.1, -0.05) is 36.8 Å². The average molecular weight is 358 g/mol. The zero-order valence-corrected chi connectivity index (χ0v) is 15.4. The Kier molecular flexibility index (Phi) is 5.18. The van der Waals surface area contributed by atoms with E-state index in [4.69, 9.17) is 4.74 Å². The topological polar surface area (TPSA) is 61.8 Å². The first kappa shape index (κ1) is 17.8. The van der Waals surface area contributed by atoms with E-state index in [9.17, 15) is 9.90 Å². The first-order chi connectivity index (χ1) is 12.6. The van der Waals surface area contributed by atoms with Gasteiger partial charge >= 0.3 is 6.09 Å². The van der Waals surface area contributed by atoms with E-state index < -0.39 is 5.60 Å². The summed E-state index contributed by atoms with van der Waals surface area (Å²) in [6.45, 7) is 1.18. The fourth-order valence-electron chi connectivity index (χ4n) is 4.74. The molecule has 5 nitrogen and oxygen atoms in total. The molecular weight excluding hydrogens is 328 g/mol. The van der Waals surface area contributed by atoms with E-state index in [0.29, 0.717) is 25.5 Å². The van der Waals surface area contributed by atoms with Crippen molar-refractivity contribution in [3.63, 3.8) is 0 Å². The molecule has 0 radical (unpaired) electrons. The Balaban J connectivity index is 1.29. The highest BCUT2D eigenvalue weighted by Crippen LogP contribution is 2.42. The number of rotatable bonds is 6. The van der Waals surface area contributed by atoms with Crippen LogP contribution in [0, 0.1) is 0 Å². The lowest BCUT2D eigenvalue weighted by Gasteiger charge is -2.43. The van der Waals surface area contributed by atoms with Crippen molar-refractivity contribution in [1.29, 1.82) is 0 Å². The molecule has 0 spiro atoms. The first-order valence-corrected chi connectivity index (χ1v) is 10.1. The van der Waals surface area contributed by atoms with Gasteiger partial charge in [0, 0.05) is 18.1 Å². The van der Waals surface area contributed by atoms with Crippen LogP contribution in [0.25, 0.3) is 0 Å². The molecule has 3 aliphatic rings. The third-order valence-corrected chi connectivity index (χ3v) is 6.40. The second kappa shape index (κ2) is 7.57. The van der Waals surface area contributed by atoms with Crippen LogP contribution in [-0.4, -0.2) is 46.4 Å². The minimum absolute atomic E-state index is 0.116. The maximum Gasteiger partial charge on any atom is 0.410 e. The Bertz CT molecular complexity index is 603. The van der Waals surface area contributed by atoms with Crippen molar-refractivity contribution in [1.82, 2.24) is 10.2 Å². The molecule has 142 valence electrons. The van der Waals surface area contributed by atoms with Crippen LogP contribution in [0.4, 0.5) is 4.79 Å². The molecule has 2 N–H and O–H groups in total. The fraction of sp³-hybridized carbons (Fsp3) is 0.667. The molecule has 1 amide bonds. The molecular formula is C21H30N2O3. The van der Waals surface area contributed by atoms with Crippen LogP contribution in [0.15, 0.2) is 30.3 Å². The Labute approximate surface area is 155 Å². The molecule has 2 aliphatic heterocycles. The third kappa shape index (κ3) is 3.89. The predicted octanol–water partition coefficient (Wildman–Crippen LogP) is 3.21. The Morgan fingerprint density at radius 3 is 2.46 bits per heavy atom. The highest BCUT2D eigenvalue weighted by molar-refractivity contribution is 5.69. The lowest BCUT2D eigenvalue weighted by atomic mass is 9.83. The smallest absolute Gasteiger partial charge is 0.410 e. The summed E-state index contributed by atoms with van der Waals surface area (Å²) in [4.78, 5) is 14.5. The van der Waals surface area contributed by atoms with Crippen LogP contribution in [-0.2, 0) is 11.3 Å². The molecule has 1 aliphatic carbocycles. The fourth-order valence-corrected chi connectivity index (χ4v) is 4.74. The lowest BCUT2D eigenvalue weighted by molar-refractivity contribution is -0.0541. The van der Waals surface area contributed by atoms with Gasteiger partial charge in [0.1, 0.15) is 6.61 Å². The van der Waals surface area contributed by atoms with E-state index >= 15 is 0 Å². The van der Waals surface area contributed by atoms with Crippen LogP contribution in [0.1, 0.15) is 56.9 Å². The summed E-state index contributed by atoms with van der Waals surface area (Å²) in [5, 5.41) is 14.6. The minimum atomic E-state index is -0.640. The summed E-state index contributed by atoms with van der Waals surface area (Å²) in [7, 11) is 0. The number of carbonyl (C=O) groups is 1. The molecule has 3 fully saturated rings. The maximum absolute atomic E-state index is 12.6. The van der Waals surface area contributed by atoms with Gasteiger partial charge in [0.25, 0.3) is 0 Å². The van der Waals surface area contributed by atoms with Crippen molar-refractivity contribution >= 4 is 6.09 Å². The zero-order chi connectivity index (χ0) is 18.0. The minimum Gasteiger partial charge on any atom is -0.445 e. The number of fused-ring (bicyclic) bond motifs is 2. The van der Waals surface area contributed by atoms with Gasteiger partial charge in [-0.2, -0.15) is 0 Å². The molecule has 2 saturated heterocycles. The molecule has 4 rings (SSSR count). The number of nitrogens with one attached hydrogen (secondary N) is 1. The molecule has 1 aromatic carbocycles.